The zero-order valence-electron chi connectivity index (χ0n) is 16.6. The Labute approximate surface area is 189 Å². The number of nitrogens with zero attached hydrogens (tertiary/aromatic N) is 1. The first kappa shape index (κ1) is 21.3. The van der Waals surface area contributed by atoms with Gasteiger partial charge in [-0.3, -0.25) is 9.59 Å². The van der Waals surface area contributed by atoms with Gasteiger partial charge in [-0.15, -0.1) is 0 Å². The quantitative estimate of drug-likeness (QED) is 0.678. The molecule has 2 heterocycles. The van der Waals surface area contributed by atoms with Crippen molar-refractivity contribution in [1.29, 1.82) is 0 Å². The maximum Gasteiger partial charge on any atom is 0.227 e. The summed E-state index contributed by atoms with van der Waals surface area (Å²) in [4.78, 5) is 27.1. The van der Waals surface area contributed by atoms with Crippen molar-refractivity contribution in [3.8, 4) is 0 Å². The molecule has 2 aromatic rings. The van der Waals surface area contributed by atoms with E-state index >= 15 is 0 Å². The van der Waals surface area contributed by atoms with E-state index in [1.54, 1.807) is 17.0 Å². The van der Waals surface area contributed by atoms with Gasteiger partial charge in [-0.1, -0.05) is 45.7 Å². The van der Waals surface area contributed by atoms with Gasteiger partial charge >= 0.3 is 0 Å². The molecule has 0 radical (unpaired) electrons. The van der Waals surface area contributed by atoms with E-state index in [1.807, 2.05) is 24.3 Å². The maximum atomic E-state index is 13.0. The fraction of sp³-hybridized carbons (Fsp3) is 0.391. The largest absolute Gasteiger partial charge is 0.381 e. The molecular formula is C23H24BrClN2O3. The molecule has 2 aliphatic heterocycles. The average Bonchev–Trinajstić information content (AvgIpc) is 3.14. The highest BCUT2D eigenvalue weighted by molar-refractivity contribution is 9.10. The summed E-state index contributed by atoms with van der Waals surface area (Å²) in [5, 5.41) is 3.72. The van der Waals surface area contributed by atoms with Crippen molar-refractivity contribution in [1.82, 2.24) is 5.32 Å². The second-order valence-corrected chi connectivity index (χ2v) is 9.36. The van der Waals surface area contributed by atoms with Gasteiger partial charge in [-0.2, -0.15) is 0 Å². The predicted molar refractivity (Wildman–Crippen MR) is 121 cm³/mol. The molecule has 0 bridgehead atoms. The Morgan fingerprint density at radius 2 is 1.97 bits per heavy atom. The number of rotatable bonds is 5. The Hall–Kier alpha value is -1.89. The van der Waals surface area contributed by atoms with Gasteiger partial charge in [0.25, 0.3) is 0 Å². The van der Waals surface area contributed by atoms with E-state index in [0.717, 1.165) is 23.0 Å². The summed E-state index contributed by atoms with van der Waals surface area (Å²) < 4.78 is 6.61. The first-order chi connectivity index (χ1) is 14.5. The molecule has 0 saturated carbocycles. The topological polar surface area (TPSA) is 58.6 Å². The lowest BCUT2D eigenvalue weighted by Gasteiger charge is -2.38. The Bertz CT molecular complexity index is 946. The highest BCUT2D eigenvalue weighted by Gasteiger charge is 2.38. The molecule has 2 aliphatic rings. The number of hydrogen-bond acceptors (Lipinski definition) is 3. The van der Waals surface area contributed by atoms with E-state index in [-0.39, 0.29) is 29.6 Å². The molecule has 1 atom stereocenters. The lowest BCUT2D eigenvalue weighted by Crippen LogP contribution is -2.46. The third kappa shape index (κ3) is 4.56. The number of anilines is 1. The van der Waals surface area contributed by atoms with E-state index < -0.39 is 0 Å². The monoisotopic (exact) mass is 490 g/mol. The van der Waals surface area contributed by atoms with Crippen LogP contribution in [0.5, 0.6) is 0 Å². The SMILES string of the molecule is O=C(NCC1(c2cccc(Br)c2)CCOCC1)C1CC(=O)N(c2cccc(Cl)c2)C1. The summed E-state index contributed by atoms with van der Waals surface area (Å²) in [6, 6.07) is 15.4. The third-order valence-corrected chi connectivity index (χ3v) is 6.83. The summed E-state index contributed by atoms with van der Waals surface area (Å²) >= 11 is 9.62. The lowest BCUT2D eigenvalue weighted by molar-refractivity contribution is -0.126. The van der Waals surface area contributed by atoms with Crippen LogP contribution in [-0.4, -0.2) is 38.1 Å². The van der Waals surface area contributed by atoms with Gasteiger partial charge in [0.15, 0.2) is 0 Å². The van der Waals surface area contributed by atoms with Crippen molar-refractivity contribution in [2.24, 2.45) is 5.92 Å². The Balaban J connectivity index is 1.45. The van der Waals surface area contributed by atoms with Crippen LogP contribution < -0.4 is 10.2 Å². The molecule has 158 valence electrons. The summed E-state index contributed by atoms with van der Waals surface area (Å²) in [6.45, 7) is 2.26. The fourth-order valence-electron chi connectivity index (χ4n) is 4.33. The van der Waals surface area contributed by atoms with Crippen LogP contribution in [0.25, 0.3) is 0 Å². The zero-order chi connectivity index (χ0) is 21.1. The normalized spacial score (nSPS) is 20.9. The van der Waals surface area contributed by atoms with Crippen LogP contribution in [-0.2, 0) is 19.7 Å². The minimum Gasteiger partial charge on any atom is -0.381 e. The van der Waals surface area contributed by atoms with Gasteiger partial charge in [0.2, 0.25) is 11.8 Å². The Morgan fingerprint density at radius 3 is 2.70 bits per heavy atom. The highest BCUT2D eigenvalue weighted by atomic mass is 79.9. The van der Waals surface area contributed by atoms with Crippen molar-refractivity contribution >= 4 is 45.0 Å². The molecule has 2 saturated heterocycles. The van der Waals surface area contributed by atoms with Crippen LogP contribution in [0.2, 0.25) is 5.02 Å². The molecule has 2 fully saturated rings. The number of benzene rings is 2. The van der Waals surface area contributed by atoms with Gasteiger partial charge in [0.05, 0.1) is 5.92 Å². The second-order valence-electron chi connectivity index (χ2n) is 8.01. The lowest BCUT2D eigenvalue weighted by atomic mass is 9.74. The van der Waals surface area contributed by atoms with Crippen molar-refractivity contribution in [3.63, 3.8) is 0 Å². The van der Waals surface area contributed by atoms with Crippen LogP contribution in [0.4, 0.5) is 5.69 Å². The van der Waals surface area contributed by atoms with E-state index in [4.69, 9.17) is 16.3 Å². The molecule has 2 aromatic carbocycles. The van der Waals surface area contributed by atoms with Crippen LogP contribution >= 0.6 is 27.5 Å². The van der Waals surface area contributed by atoms with Crippen LogP contribution in [0, 0.1) is 5.92 Å². The summed E-state index contributed by atoms with van der Waals surface area (Å²) in [7, 11) is 0. The number of carbonyl (C=O) groups is 2. The maximum absolute atomic E-state index is 13.0. The minimum absolute atomic E-state index is 0.0508. The second kappa shape index (κ2) is 9.08. The molecule has 0 spiro atoms. The number of carbonyl (C=O) groups excluding carboxylic acids is 2. The van der Waals surface area contributed by atoms with E-state index in [0.29, 0.717) is 31.3 Å². The van der Waals surface area contributed by atoms with Gasteiger partial charge in [-0.25, -0.2) is 0 Å². The molecule has 1 unspecified atom stereocenters. The van der Waals surface area contributed by atoms with Crippen molar-refractivity contribution in [2.75, 3.05) is 31.2 Å². The Morgan fingerprint density at radius 1 is 1.20 bits per heavy atom. The number of hydrogen-bond donors (Lipinski definition) is 1. The molecule has 5 nitrogen and oxygen atoms in total. The smallest absolute Gasteiger partial charge is 0.227 e. The molecule has 30 heavy (non-hydrogen) atoms. The molecule has 0 aliphatic carbocycles. The molecule has 2 amide bonds. The standard InChI is InChI=1S/C23H24BrClN2O3/c24-18-4-1-3-17(12-18)23(7-9-30-10-8-23)15-26-22(29)16-11-21(28)27(14-16)20-6-2-5-19(25)13-20/h1-6,12-13,16H,7-11,14-15H2,(H,26,29). The van der Waals surface area contributed by atoms with Crippen LogP contribution in [0.15, 0.2) is 53.0 Å². The van der Waals surface area contributed by atoms with Crippen molar-refractivity contribution < 1.29 is 14.3 Å². The fourth-order valence-corrected chi connectivity index (χ4v) is 4.91. The summed E-state index contributed by atoms with van der Waals surface area (Å²) in [5.41, 5.74) is 1.77. The van der Waals surface area contributed by atoms with Gasteiger partial charge in [0.1, 0.15) is 0 Å². The number of halogens is 2. The van der Waals surface area contributed by atoms with Crippen LogP contribution in [0.3, 0.4) is 0 Å². The van der Waals surface area contributed by atoms with Gasteiger partial charge < -0.3 is 15.0 Å². The third-order valence-electron chi connectivity index (χ3n) is 6.10. The summed E-state index contributed by atoms with van der Waals surface area (Å²) in [5.74, 6) is -0.491. The first-order valence-electron chi connectivity index (χ1n) is 10.1. The predicted octanol–water partition coefficient (Wildman–Crippen LogP) is 4.32. The first-order valence-corrected chi connectivity index (χ1v) is 11.3. The highest BCUT2D eigenvalue weighted by Crippen LogP contribution is 2.36. The molecular weight excluding hydrogens is 468 g/mol. The number of nitrogens with one attached hydrogen (secondary N) is 1. The van der Waals surface area contributed by atoms with Crippen LogP contribution in [0.1, 0.15) is 24.8 Å². The average molecular weight is 492 g/mol. The van der Waals surface area contributed by atoms with E-state index in [1.165, 1.54) is 5.56 Å². The van der Waals surface area contributed by atoms with E-state index in [9.17, 15) is 9.59 Å². The van der Waals surface area contributed by atoms with E-state index in [2.05, 4.69) is 33.4 Å². The van der Waals surface area contributed by atoms with Crippen molar-refractivity contribution in [2.45, 2.75) is 24.7 Å². The van der Waals surface area contributed by atoms with Crippen molar-refractivity contribution in [3.05, 3.63) is 63.6 Å². The molecule has 0 aromatic heterocycles. The molecule has 1 N–H and O–H groups in total. The molecule has 7 heteroatoms. The number of amides is 2. The minimum atomic E-state index is -0.365. The summed E-state index contributed by atoms with van der Waals surface area (Å²) in [6.07, 6.45) is 1.91. The zero-order valence-corrected chi connectivity index (χ0v) is 18.9. The Kier molecular flexibility index (Phi) is 6.46. The number of ether oxygens (including phenoxy) is 1. The van der Waals surface area contributed by atoms with Gasteiger partial charge in [-0.05, 0) is 48.7 Å². The molecule has 4 rings (SSSR count). The van der Waals surface area contributed by atoms with Gasteiger partial charge in [0, 0.05) is 53.3 Å².